The largest absolute Gasteiger partial charge is 0.300 e. The lowest BCUT2D eigenvalue weighted by Gasteiger charge is -2.25. The van der Waals surface area contributed by atoms with Crippen LogP contribution in [0.1, 0.15) is 31.4 Å². The molecule has 1 aromatic rings. The second kappa shape index (κ2) is 6.30. The second-order valence-corrected chi connectivity index (χ2v) is 3.99. The predicted molar refractivity (Wildman–Crippen MR) is 65.5 cm³/mol. The van der Waals surface area contributed by atoms with E-state index < -0.39 is 0 Å². The highest BCUT2D eigenvalue weighted by molar-refractivity contribution is 5.20. The van der Waals surface area contributed by atoms with Gasteiger partial charge in [0.05, 0.1) is 0 Å². The molecule has 0 bridgehead atoms. The van der Waals surface area contributed by atoms with E-state index in [1.807, 2.05) is 26.1 Å². The van der Waals surface area contributed by atoms with Gasteiger partial charge in [0.2, 0.25) is 0 Å². The third kappa shape index (κ3) is 3.36. The van der Waals surface area contributed by atoms with E-state index in [2.05, 4.69) is 10.8 Å². The van der Waals surface area contributed by atoms with Crippen molar-refractivity contribution in [2.24, 2.45) is 0 Å². The Morgan fingerprint density at radius 3 is 2.75 bits per heavy atom. The molecule has 1 unspecified atom stereocenters. The van der Waals surface area contributed by atoms with Crippen LogP contribution in [0.15, 0.2) is 24.3 Å². The van der Waals surface area contributed by atoms with Crippen molar-refractivity contribution >= 4 is 0 Å². The summed E-state index contributed by atoms with van der Waals surface area (Å²) < 4.78 is 13.5. The van der Waals surface area contributed by atoms with Crippen LogP contribution < -0.4 is 0 Å². The van der Waals surface area contributed by atoms with Crippen LogP contribution >= 0.6 is 0 Å². The maximum absolute atomic E-state index is 13.5. The van der Waals surface area contributed by atoms with E-state index >= 15 is 0 Å². The molecule has 0 aliphatic carbocycles. The molecule has 0 N–H and O–H groups in total. The van der Waals surface area contributed by atoms with Gasteiger partial charge in [-0.2, -0.15) is 0 Å². The highest BCUT2D eigenvalue weighted by Crippen LogP contribution is 2.21. The van der Waals surface area contributed by atoms with Gasteiger partial charge >= 0.3 is 0 Å². The van der Waals surface area contributed by atoms with Crippen LogP contribution in [0.5, 0.6) is 0 Å². The SMILES string of the molecule is C#CCCCN(C)C(C)c1ccccc1F. The molecule has 1 atom stereocenters. The molecule has 0 aliphatic rings. The highest BCUT2D eigenvalue weighted by Gasteiger charge is 2.14. The average molecular weight is 219 g/mol. The van der Waals surface area contributed by atoms with Gasteiger partial charge in [0.25, 0.3) is 0 Å². The molecule has 0 heterocycles. The molecular weight excluding hydrogens is 201 g/mol. The summed E-state index contributed by atoms with van der Waals surface area (Å²) in [5.74, 6) is 2.47. The fourth-order valence-electron chi connectivity index (χ4n) is 1.68. The number of rotatable bonds is 5. The Morgan fingerprint density at radius 2 is 2.12 bits per heavy atom. The number of halogens is 1. The van der Waals surface area contributed by atoms with Gasteiger partial charge in [-0.1, -0.05) is 18.2 Å². The third-order valence-electron chi connectivity index (χ3n) is 2.85. The van der Waals surface area contributed by atoms with Crippen LogP contribution in [-0.2, 0) is 0 Å². The average Bonchev–Trinajstić information content (AvgIpc) is 2.29. The van der Waals surface area contributed by atoms with E-state index in [0.717, 1.165) is 24.9 Å². The van der Waals surface area contributed by atoms with Crippen LogP contribution in [0.4, 0.5) is 4.39 Å². The Labute approximate surface area is 97.3 Å². The third-order valence-corrected chi connectivity index (χ3v) is 2.85. The predicted octanol–water partition coefficient (Wildman–Crippen LogP) is 3.23. The summed E-state index contributed by atoms with van der Waals surface area (Å²) in [6.07, 6.45) is 6.92. The minimum absolute atomic E-state index is 0.0824. The molecule has 1 rings (SSSR count). The Hall–Kier alpha value is -1.33. The number of unbranched alkanes of at least 4 members (excludes halogenated alkanes) is 1. The molecule has 0 saturated heterocycles. The lowest BCUT2D eigenvalue weighted by atomic mass is 10.1. The van der Waals surface area contributed by atoms with Crippen LogP contribution in [0.3, 0.4) is 0 Å². The molecule has 1 nitrogen and oxygen atoms in total. The normalized spacial score (nSPS) is 12.4. The van der Waals surface area contributed by atoms with E-state index in [9.17, 15) is 4.39 Å². The molecular formula is C14H18FN. The summed E-state index contributed by atoms with van der Waals surface area (Å²) in [5, 5.41) is 0. The fourth-order valence-corrected chi connectivity index (χ4v) is 1.68. The molecule has 0 radical (unpaired) electrons. The van der Waals surface area contributed by atoms with Crippen LogP contribution in [0.25, 0.3) is 0 Å². The second-order valence-electron chi connectivity index (χ2n) is 3.99. The van der Waals surface area contributed by atoms with Gasteiger partial charge in [-0.15, -0.1) is 12.3 Å². The molecule has 0 aliphatic heterocycles. The maximum Gasteiger partial charge on any atom is 0.127 e. The van der Waals surface area contributed by atoms with Crippen molar-refractivity contribution in [3.05, 3.63) is 35.6 Å². The Balaban J connectivity index is 2.60. The number of hydrogen-bond acceptors (Lipinski definition) is 1. The van der Waals surface area contributed by atoms with Crippen molar-refractivity contribution in [1.29, 1.82) is 0 Å². The number of nitrogens with zero attached hydrogens (tertiary/aromatic N) is 1. The molecule has 2 heteroatoms. The van der Waals surface area contributed by atoms with E-state index in [1.54, 1.807) is 6.07 Å². The molecule has 86 valence electrons. The topological polar surface area (TPSA) is 3.24 Å². The van der Waals surface area contributed by atoms with Crippen molar-refractivity contribution in [3.8, 4) is 12.3 Å². The molecule has 0 amide bonds. The standard InChI is InChI=1S/C14H18FN/c1-4-5-8-11-16(3)12(2)13-9-6-7-10-14(13)15/h1,6-7,9-10,12H,5,8,11H2,2-3H3. The molecule has 16 heavy (non-hydrogen) atoms. The zero-order valence-electron chi connectivity index (χ0n) is 9.91. The summed E-state index contributed by atoms with van der Waals surface area (Å²) in [6, 6.07) is 6.99. The first-order valence-electron chi connectivity index (χ1n) is 5.55. The first-order chi connectivity index (χ1) is 7.66. The van der Waals surface area contributed by atoms with Gasteiger partial charge in [0.1, 0.15) is 5.82 Å². The van der Waals surface area contributed by atoms with Crippen LogP contribution in [0.2, 0.25) is 0 Å². The Morgan fingerprint density at radius 1 is 1.44 bits per heavy atom. The van der Waals surface area contributed by atoms with Crippen molar-refractivity contribution in [3.63, 3.8) is 0 Å². The first-order valence-corrected chi connectivity index (χ1v) is 5.55. The van der Waals surface area contributed by atoms with E-state index in [1.165, 1.54) is 6.07 Å². The number of benzene rings is 1. The number of terminal acetylenes is 1. The monoisotopic (exact) mass is 219 g/mol. The zero-order valence-corrected chi connectivity index (χ0v) is 9.91. The summed E-state index contributed by atoms with van der Waals surface area (Å²) in [7, 11) is 1.99. The minimum Gasteiger partial charge on any atom is -0.300 e. The lowest BCUT2D eigenvalue weighted by Crippen LogP contribution is -2.24. The zero-order chi connectivity index (χ0) is 12.0. The van der Waals surface area contributed by atoms with Gasteiger partial charge in [0.15, 0.2) is 0 Å². The van der Waals surface area contributed by atoms with E-state index in [-0.39, 0.29) is 11.9 Å². The Bertz CT molecular complexity index is 367. The quantitative estimate of drug-likeness (QED) is 0.543. The van der Waals surface area contributed by atoms with Crippen molar-refractivity contribution in [2.45, 2.75) is 25.8 Å². The van der Waals surface area contributed by atoms with Gasteiger partial charge in [-0.3, -0.25) is 4.90 Å². The smallest absolute Gasteiger partial charge is 0.127 e. The molecule has 1 aromatic carbocycles. The molecule has 0 saturated carbocycles. The summed E-state index contributed by atoms with van der Waals surface area (Å²) in [5.41, 5.74) is 0.741. The molecule has 0 fully saturated rings. The van der Waals surface area contributed by atoms with Gasteiger partial charge < -0.3 is 0 Å². The summed E-state index contributed by atoms with van der Waals surface area (Å²) in [4.78, 5) is 2.12. The van der Waals surface area contributed by atoms with Crippen LogP contribution in [0, 0.1) is 18.2 Å². The fraction of sp³-hybridized carbons (Fsp3) is 0.429. The lowest BCUT2D eigenvalue weighted by molar-refractivity contribution is 0.254. The van der Waals surface area contributed by atoms with E-state index in [0.29, 0.717) is 0 Å². The van der Waals surface area contributed by atoms with Gasteiger partial charge in [0, 0.05) is 18.0 Å². The van der Waals surface area contributed by atoms with E-state index in [4.69, 9.17) is 6.42 Å². The van der Waals surface area contributed by atoms with Crippen LogP contribution in [-0.4, -0.2) is 18.5 Å². The van der Waals surface area contributed by atoms with Gasteiger partial charge in [-0.25, -0.2) is 4.39 Å². The minimum atomic E-state index is -0.140. The van der Waals surface area contributed by atoms with Crippen molar-refractivity contribution in [2.75, 3.05) is 13.6 Å². The summed E-state index contributed by atoms with van der Waals surface area (Å²) in [6.45, 7) is 2.90. The molecule has 0 aromatic heterocycles. The van der Waals surface area contributed by atoms with Gasteiger partial charge in [-0.05, 0) is 33.0 Å². The maximum atomic E-state index is 13.5. The Kier molecular flexibility index (Phi) is 5.01. The highest BCUT2D eigenvalue weighted by atomic mass is 19.1. The van der Waals surface area contributed by atoms with Crippen molar-refractivity contribution in [1.82, 2.24) is 4.90 Å². The van der Waals surface area contributed by atoms with Crippen molar-refractivity contribution < 1.29 is 4.39 Å². The summed E-state index contributed by atoms with van der Waals surface area (Å²) >= 11 is 0. The number of hydrogen-bond donors (Lipinski definition) is 0. The molecule has 0 spiro atoms. The first kappa shape index (κ1) is 12.7.